The van der Waals surface area contributed by atoms with E-state index in [-0.39, 0.29) is 12.4 Å². The molecule has 1 aliphatic carbocycles. The Kier molecular flexibility index (Phi) is 5.92. The Hall–Kier alpha value is -2.35. The van der Waals surface area contributed by atoms with Gasteiger partial charge in [-0.25, -0.2) is 4.98 Å². The zero-order chi connectivity index (χ0) is 17.1. The molecule has 4 nitrogen and oxygen atoms in total. The summed E-state index contributed by atoms with van der Waals surface area (Å²) in [6.45, 7) is 3.95. The Labute approximate surface area is 160 Å². The van der Waals surface area contributed by atoms with E-state index < -0.39 is 0 Å². The number of piperidine rings is 1. The molecule has 1 aromatic carbocycles. The second-order valence-electron chi connectivity index (χ2n) is 6.92. The van der Waals surface area contributed by atoms with Gasteiger partial charge >= 0.3 is 0 Å². The van der Waals surface area contributed by atoms with Crippen molar-refractivity contribution in [3.63, 3.8) is 0 Å². The Morgan fingerprint density at radius 2 is 2.04 bits per heavy atom. The third kappa shape index (κ3) is 4.07. The highest BCUT2D eigenvalue weighted by Crippen LogP contribution is 2.29. The smallest absolute Gasteiger partial charge is 0.0991 e. The normalized spacial score (nSPS) is 19.2. The molecule has 1 fully saturated rings. The number of rotatable bonds is 4. The first kappa shape index (κ1) is 18.4. The standard InChI is InChI=1S/C21H22N4.ClH/c22-11-17-5-7-18(8-6-17)13-25-16-23-12-21(25)15-24-10-9-19-3-1-2-4-20(19)14-24;/h1-2,4-8,12,16,19H,3,9-10,13-15H2;1H. The molecule has 1 unspecified atom stereocenters. The van der Waals surface area contributed by atoms with Gasteiger partial charge in [0.05, 0.1) is 23.7 Å². The maximum Gasteiger partial charge on any atom is 0.0991 e. The number of aromatic nitrogens is 2. The van der Waals surface area contributed by atoms with Crippen LogP contribution in [0.4, 0.5) is 0 Å². The molecule has 4 rings (SSSR count). The summed E-state index contributed by atoms with van der Waals surface area (Å²) in [4.78, 5) is 6.88. The summed E-state index contributed by atoms with van der Waals surface area (Å²) in [7, 11) is 0. The lowest BCUT2D eigenvalue weighted by molar-refractivity contribution is 0.221. The summed E-state index contributed by atoms with van der Waals surface area (Å²) < 4.78 is 2.21. The van der Waals surface area contributed by atoms with Gasteiger partial charge in [0.15, 0.2) is 0 Å². The lowest BCUT2D eigenvalue weighted by Crippen LogP contribution is -2.36. The summed E-state index contributed by atoms with van der Waals surface area (Å²) in [5.41, 5.74) is 4.71. The number of hydrogen-bond donors (Lipinski definition) is 0. The highest BCUT2D eigenvalue weighted by molar-refractivity contribution is 5.85. The zero-order valence-electron chi connectivity index (χ0n) is 14.7. The van der Waals surface area contributed by atoms with E-state index in [0.717, 1.165) is 32.1 Å². The van der Waals surface area contributed by atoms with Crippen LogP contribution in [0.25, 0.3) is 0 Å². The first-order valence-corrected chi connectivity index (χ1v) is 8.88. The number of fused-ring (bicyclic) bond motifs is 1. The number of hydrogen-bond acceptors (Lipinski definition) is 3. The Bertz CT molecular complexity index is 842. The molecule has 1 saturated heterocycles. The predicted octanol–water partition coefficient (Wildman–Crippen LogP) is 3.93. The molecule has 1 atom stereocenters. The van der Waals surface area contributed by atoms with E-state index in [1.54, 1.807) is 5.57 Å². The summed E-state index contributed by atoms with van der Waals surface area (Å²) in [5.74, 6) is 0.754. The van der Waals surface area contributed by atoms with Crippen molar-refractivity contribution in [3.8, 4) is 6.07 Å². The molecule has 0 spiro atoms. The van der Waals surface area contributed by atoms with Crippen molar-refractivity contribution in [2.24, 2.45) is 5.92 Å². The van der Waals surface area contributed by atoms with Crippen LogP contribution >= 0.6 is 12.4 Å². The fourth-order valence-corrected chi connectivity index (χ4v) is 3.75. The largest absolute Gasteiger partial charge is 0.329 e. The maximum atomic E-state index is 8.91. The number of nitriles is 1. The van der Waals surface area contributed by atoms with Crippen molar-refractivity contribution < 1.29 is 0 Å². The molecule has 2 aromatic rings. The molecule has 0 amide bonds. The number of imidazole rings is 1. The van der Waals surface area contributed by atoms with Gasteiger partial charge in [-0.3, -0.25) is 4.90 Å². The van der Waals surface area contributed by atoms with Crippen LogP contribution in [0.3, 0.4) is 0 Å². The number of nitrogens with zero attached hydrogens (tertiary/aromatic N) is 4. The second-order valence-corrected chi connectivity index (χ2v) is 6.92. The topological polar surface area (TPSA) is 44.9 Å². The van der Waals surface area contributed by atoms with Gasteiger partial charge in [-0.1, -0.05) is 35.9 Å². The minimum atomic E-state index is 0. The third-order valence-corrected chi connectivity index (χ3v) is 5.21. The van der Waals surface area contributed by atoms with E-state index in [9.17, 15) is 0 Å². The van der Waals surface area contributed by atoms with Gasteiger partial charge < -0.3 is 4.57 Å². The van der Waals surface area contributed by atoms with E-state index in [0.29, 0.717) is 5.56 Å². The fraction of sp³-hybridized carbons (Fsp3) is 0.333. The van der Waals surface area contributed by atoms with Crippen molar-refractivity contribution in [2.75, 3.05) is 13.1 Å². The fourth-order valence-electron chi connectivity index (χ4n) is 3.75. The van der Waals surface area contributed by atoms with Crippen LogP contribution in [-0.2, 0) is 13.1 Å². The molecule has 1 aliphatic heterocycles. The quantitative estimate of drug-likeness (QED) is 0.823. The molecular formula is C21H23ClN4. The number of likely N-dealkylation sites (tertiary alicyclic amines) is 1. The van der Waals surface area contributed by atoms with Crippen molar-refractivity contribution in [1.29, 1.82) is 5.26 Å². The van der Waals surface area contributed by atoms with Gasteiger partial charge in [0.25, 0.3) is 0 Å². The Morgan fingerprint density at radius 3 is 2.85 bits per heavy atom. The first-order valence-electron chi connectivity index (χ1n) is 8.88. The molecule has 5 heteroatoms. The van der Waals surface area contributed by atoms with Gasteiger partial charge in [-0.2, -0.15) is 5.26 Å². The molecular weight excluding hydrogens is 344 g/mol. The lowest BCUT2D eigenvalue weighted by atomic mass is 9.85. The van der Waals surface area contributed by atoms with Gasteiger partial charge in [-0.05, 0) is 43.0 Å². The Balaban J connectivity index is 0.00000196. The van der Waals surface area contributed by atoms with Gasteiger partial charge in [-0.15, -0.1) is 12.4 Å². The summed E-state index contributed by atoms with van der Waals surface area (Å²) in [5, 5.41) is 8.91. The molecule has 2 aliphatic rings. The number of allylic oxidation sites excluding steroid dienone is 3. The molecule has 0 bridgehead atoms. The van der Waals surface area contributed by atoms with E-state index >= 15 is 0 Å². The minimum absolute atomic E-state index is 0. The van der Waals surface area contributed by atoms with E-state index in [2.05, 4.69) is 38.7 Å². The zero-order valence-corrected chi connectivity index (χ0v) is 15.5. The molecule has 0 saturated carbocycles. The van der Waals surface area contributed by atoms with Crippen LogP contribution in [0.2, 0.25) is 0 Å². The summed E-state index contributed by atoms with van der Waals surface area (Å²) in [6.07, 6.45) is 13.1. The van der Waals surface area contributed by atoms with Crippen molar-refractivity contribution in [3.05, 3.63) is 77.4 Å². The van der Waals surface area contributed by atoms with Crippen molar-refractivity contribution >= 4 is 12.4 Å². The van der Waals surface area contributed by atoms with Crippen LogP contribution in [0.1, 0.15) is 29.7 Å². The van der Waals surface area contributed by atoms with Crippen LogP contribution in [0, 0.1) is 17.2 Å². The Morgan fingerprint density at radius 1 is 1.19 bits per heavy atom. The average Bonchev–Trinajstić information content (AvgIpc) is 3.09. The molecule has 26 heavy (non-hydrogen) atoms. The molecule has 134 valence electrons. The number of benzene rings is 1. The van der Waals surface area contributed by atoms with Crippen LogP contribution in [-0.4, -0.2) is 27.5 Å². The van der Waals surface area contributed by atoms with Crippen LogP contribution in [0.5, 0.6) is 0 Å². The van der Waals surface area contributed by atoms with Gasteiger partial charge in [0.1, 0.15) is 0 Å². The van der Waals surface area contributed by atoms with Crippen LogP contribution in [0.15, 0.2) is 60.6 Å². The van der Waals surface area contributed by atoms with Crippen molar-refractivity contribution in [2.45, 2.75) is 25.9 Å². The van der Waals surface area contributed by atoms with Gasteiger partial charge in [0, 0.05) is 25.8 Å². The third-order valence-electron chi connectivity index (χ3n) is 5.21. The monoisotopic (exact) mass is 366 g/mol. The highest BCUT2D eigenvalue weighted by atomic mass is 35.5. The van der Waals surface area contributed by atoms with E-state index in [1.807, 2.05) is 36.8 Å². The SMILES string of the molecule is Cl.N#Cc1ccc(Cn2cncc2CN2CCC3CC=CC=C3C2)cc1. The molecule has 2 heterocycles. The average molecular weight is 367 g/mol. The molecule has 0 N–H and O–H groups in total. The molecule has 1 aromatic heterocycles. The van der Waals surface area contributed by atoms with Crippen LogP contribution < -0.4 is 0 Å². The van der Waals surface area contributed by atoms with E-state index in [1.165, 1.54) is 24.1 Å². The number of halogens is 1. The summed E-state index contributed by atoms with van der Waals surface area (Å²) in [6, 6.07) is 9.96. The minimum Gasteiger partial charge on any atom is -0.329 e. The second kappa shape index (κ2) is 8.35. The van der Waals surface area contributed by atoms with Crippen molar-refractivity contribution in [1.82, 2.24) is 14.5 Å². The first-order chi connectivity index (χ1) is 12.3. The van der Waals surface area contributed by atoms with E-state index in [4.69, 9.17) is 5.26 Å². The summed E-state index contributed by atoms with van der Waals surface area (Å²) >= 11 is 0. The predicted molar refractivity (Wildman–Crippen MR) is 105 cm³/mol. The van der Waals surface area contributed by atoms with Gasteiger partial charge in [0.2, 0.25) is 0 Å². The maximum absolute atomic E-state index is 8.91. The highest BCUT2D eigenvalue weighted by Gasteiger charge is 2.24. The lowest BCUT2D eigenvalue weighted by Gasteiger charge is -2.35. The molecule has 0 radical (unpaired) electrons.